The lowest BCUT2D eigenvalue weighted by Gasteiger charge is -2.25. The number of nitrogens with zero attached hydrogens (tertiary/aromatic N) is 2. The lowest BCUT2D eigenvalue weighted by molar-refractivity contribution is -0.143. The lowest BCUT2D eigenvalue weighted by atomic mass is 10.1. The molecule has 16 nitrogen and oxygen atoms in total. The number of carboxylic acids is 1. The van der Waals surface area contributed by atoms with Gasteiger partial charge in [-0.25, -0.2) is 9.78 Å². The van der Waals surface area contributed by atoms with Crippen LogP contribution in [0.5, 0.6) is 0 Å². The Morgan fingerprint density at radius 1 is 1.11 bits per heavy atom. The molecular formula is C19H33N9O7. The number of aliphatic hydroxyl groups is 2. The van der Waals surface area contributed by atoms with Gasteiger partial charge in [-0.3, -0.25) is 19.4 Å². The number of carbonyl (C=O) groups excluding carboxylic acids is 3. The van der Waals surface area contributed by atoms with Crippen molar-refractivity contribution in [1.82, 2.24) is 25.9 Å². The number of rotatable bonds is 15. The van der Waals surface area contributed by atoms with Crippen LogP contribution in [0.2, 0.25) is 0 Å². The summed E-state index contributed by atoms with van der Waals surface area (Å²) in [6, 6.07) is -5.47. The van der Waals surface area contributed by atoms with E-state index in [0.29, 0.717) is 12.1 Å². The predicted molar refractivity (Wildman–Crippen MR) is 122 cm³/mol. The molecule has 0 unspecified atom stereocenters. The molecule has 1 rings (SSSR count). The Morgan fingerprint density at radius 2 is 1.77 bits per heavy atom. The van der Waals surface area contributed by atoms with E-state index in [4.69, 9.17) is 17.2 Å². The molecule has 0 aliphatic heterocycles. The monoisotopic (exact) mass is 499 g/mol. The van der Waals surface area contributed by atoms with Crippen LogP contribution in [0.4, 0.5) is 0 Å². The average molecular weight is 500 g/mol. The van der Waals surface area contributed by atoms with Crippen LogP contribution in [0.25, 0.3) is 0 Å². The number of amides is 3. The fourth-order valence-corrected chi connectivity index (χ4v) is 2.86. The maximum absolute atomic E-state index is 12.6. The maximum Gasteiger partial charge on any atom is 0.326 e. The molecule has 0 fully saturated rings. The summed E-state index contributed by atoms with van der Waals surface area (Å²) < 4.78 is 0. The second-order valence-corrected chi connectivity index (χ2v) is 7.71. The van der Waals surface area contributed by atoms with Crippen molar-refractivity contribution < 1.29 is 34.5 Å². The Bertz CT molecular complexity index is 872. The number of hydrogen-bond acceptors (Lipinski definition) is 9. The Hall–Kier alpha value is -3.76. The molecule has 0 saturated carbocycles. The number of nitrogens with two attached hydrogens (primary N) is 3. The molecule has 0 aliphatic rings. The van der Waals surface area contributed by atoms with Gasteiger partial charge < -0.3 is 53.5 Å². The summed E-state index contributed by atoms with van der Waals surface area (Å²) >= 11 is 0. The zero-order valence-electron chi connectivity index (χ0n) is 19.2. The van der Waals surface area contributed by atoms with Gasteiger partial charge in [-0.15, -0.1) is 0 Å². The molecule has 0 saturated heterocycles. The van der Waals surface area contributed by atoms with Crippen LogP contribution < -0.4 is 33.2 Å². The molecule has 16 heteroatoms. The van der Waals surface area contributed by atoms with Crippen LogP contribution in [0.1, 0.15) is 25.5 Å². The van der Waals surface area contributed by atoms with Crippen molar-refractivity contribution in [3.05, 3.63) is 18.2 Å². The van der Waals surface area contributed by atoms with E-state index in [0.717, 1.165) is 0 Å². The van der Waals surface area contributed by atoms with Gasteiger partial charge >= 0.3 is 5.97 Å². The first-order valence-corrected chi connectivity index (χ1v) is 10.7. The van der Waals surface area contributed by atoms with Crippen LogP contribution >= 0.6 is 0 Å². The first-order valence-electron chi connectivity index (χ1n) is 10.7. The molecule has 0 spiro atoms. The van der Waals surface area contributed by atoms with E-state index in [2.05, 4.69) is 30.9 Å². The third-order valence-corrected chi connectivity index (χ3v) is 4.78. The second-order valence-electron chi connectivity index (χ2n) is 7.71. The minimum Gasteiger partial charge on any atom is -0.480 e. The smallest absolute Gasteiger partial charge is 0.326 e. The van der Waals surface area contributed by atoms with E-state index < -0.39 is 60.6 Å². The topological polar surface area (TPSA) is 284 Å². The molecule has 0 bridgehead atoms. The highest BCUT2D eigenvalue weighted by Gasteiger charge is 2.32. The van der Waals surface area contributed by atoms with E-state index in [1.807, 2.05) is 0 Å². The van der Waals surface area contributed by atoms with Crippen molar-refractivity contribution in [2.75, 3.05) is 13.2 Å². The number of aromatic nitrogens is 2. The molecule has 196 valence electrons. The van der Waals surface area contributed by atoms with E-state index in [1.165, 1.54) is 19.4 Å². The highest BCUT2D eigenvalue weighted by Crippen LogP contribution is 2.03. The van der Waals surface area contributed by atoms with Crippen LogP contribution in [0, 0.1) is 0 Å². The van der Waals surface area contributed by atoms with Gasteiger partial charge in [-0.2, -0.15) is 0 Å². The van der Waals surface area contributed by atoms with E-state index in [1.54, 1.807) is 0 Å². The zero-order chi connectivity index (χ0) is 26.5. The van der Waals surface area contributed by atoms with Gasteiger partial charge in [0.1, 0.15) is 18.1 Å². The summed E-state index contributed by atoms with van der Waals surface area (Å²) in [4.78, 5) is 59.2. The number of hydrogen-bond donors (Lipinski definition) is 10. The van der Waals surface area contributed by atoms with Crippen molar-refractivity contribution in [2.24, 2.45) is 22.2 Å². The number of carbonyl (C=O) groups is 4. The average Bonchev–Trinajstić information content (AvgIpc) is 3.30. The highest BCUT2D eigenvalue weighted by molar-refractivity contribution is 5.94. The van der Waals surface area contributed by atoms with Crippen molar-refractivity contribution in [1.29, 1.82) is 0 Å². The third kappa shape index (κ3) is 10.4. The van der Waals surface area contributed by atoms with E-state index in [9.17, 15) is 34.5 Å². The number of carboxylic acid groups (broad SMARTS) is 1. The zero-order valence-corrected chi connectivity index (χ0v) is 19.2. The molecule has 5 atom stereocenters. The normalized spacial score (nSPS) is 15.1. The van der Waals surface area contributed by atoms with Gasteiger partial charge in [-0.1, -0.05) is 0 Å². The molecule has 35 heavy (non-hydrogen) atoms. The quantitative estimate of drug-likeness (QED) is 0.0620. The fourth-order valence-electron chi connectivity index (χ4n) is 2.86. The van der Waals surface area contributed by atoms with Gasteiger partial charge in [0.25, 0.3) is 0 Å². The molecule has 0 radical (unpaired) electrons. The summed E-state index contributed by atoms with van der Waals surface area (Å²) in [6.07, 6.45) is 1.74. The summed E-state index contributed by atoms with van der Waals surface area (Å²) in [5, 5.41) is 35.6. The molecule has 0 aliphatic carbocycles. The van der Waals surface area contributed by atoms with Gasteiger partial charge in [-0.05, 0) is 19.8 Å². The number of aliphatic imine (C=N–C) groups is 1. The molecule has 1 heterocycles. The summed E-state index contributed by atoms with van der Waals surface area (Å²) in [5.74, 6) is -4.17. The van der Waals surface area contributed by atoms with Gasteiger partial charge in [0.05, 0.1) is 25.1 Å². The van der Waals surface area contributed by atoms with Crippen LogP contribution in [-0.2, 0) is 25.6 Å². The van der Waals surface area contributed by atoms with E-state index >= 15 is 0 Å². The molecule has 0 aromatic carbocycles. The summed E-state index contributed by atoms with van der Waals surface area (Å²) in [6.45, 7) is 0.619. The van der Waals surface area contributed by atoms with Crippen molar-refractivity contribution in [2.45, 2.75) is 56.5 Å². The van der Waals surface area contributed by atoms with Crippen LogP contribution in [0.15, 0.2) is 17.5 Å². The first-order chi connectivity index (χ1) is 16.5. The SMILES string of the molecule is C[C@@H](O)[C@H](NC(=O)[C@H](CO)NC(=O)[C@@H](N)CCCN=C(N)N)C(=O)N[C@@H](Cc1cnc[nH]1)C(=O)O. The Balaban J connectivity index is 2.74. The number of imidazole rings is 1. The summed E-state index contributed by atoms with van der Waals surface area (Å²) in [5.41, 5.74) is 16.6. The molecule has 1 aromatic heterocycles. The van der Waals surface area contributed by atoms with Crippen molar-refractivity contribution >= 4 is 29.7 Å². The number of aromatic amines is 1. The van der Waals surface area contributed by atoms with Crippen LogP contribution in [0.3, 0.4) is 0 Å². The Morgan fingerprint density at radius 3 is 2.29 bits per heavy atom. The number of nitrogens with one attached hydrogen (secondary N) is 4. The van der Waals surface area contributed by atoms with Gasteiger partial charge in [0, 0.05) is 24.9 Å². The minimum absolute atomic E-state index is 0.104. The van der Waals surface area contributed by atoms with Gasteiger partial charge in [0.15, 0.2) is 5.96 Å². The number of aliphatic carboxylic acids is 1. The fraction of sp³-hybridized carbons (Fsp3) is 0.579. The summed E-state index contributed by atoms with van der Waals surface area (Å²) in [7, 11) is 0. The van der Waals surface area contributed by atoms with Gasteiger partial charge in [0.2, 0.25) is 17.7 Å². The first kappa shape index (κ1) is 29.3. The molecule has 3 amide bonds. The lowest BCUT2D eigenvalue weighted by Crippen LogP contribution is -2.60. The van der Waals surface area contributed by atoms with E-state index in [-0.39, 0.29) is 25.3 Å². The molecule has 1 aromatic rings. The Labute approximate surface area is 200 Å². The predicted octanol–water partition coefficient (Wildman–Crippen LogP) is -4.75. The maximum atomic E-state index is 12.6. The third-order valence-electron chi connectivity index (χ3n) is 4.78. The van der Waals surface area contributed by atoms with Crippen LogP contribution in [-0.4, -0.2) is 98.4 Å². The number of aliphatic hydroxyl groups excluding tert-OH is 2. The van der Waals surface area contributed by atoms with Crippen molar-refractivity contribution in [3.63, 3.8) is 0 Å². The Kier molecular flexibility index (Phi) is 12.1. The standard InChI is InChI=1S/C19H33N9O7/c1-9(30)14(17(33)26-12(18(34)35)5-10-6-23-8-25-10)28-16(32)13(7-29)27-15(31)11(20)3-2-4-24-19(21)22/h6,8-9,11-14,29-30H,2-5,7,20H2,1H3,(H,23,25)(H,26,33)(H,27,31)(H,28,32)(H,34,35)(H4,21,22,24)/t9-,11+,12+,13+,14+/m1/s1. The second kappa shape index (κ2) is 14.5. The number of guanidine groups is 1. The highest BCUT2D eigenvalue weighted by atomic mass is 16.4. The largest absolute Gasteiger partial charge is 0.480 e. The molecular weight excluding hydrogens is 466 g/mol. The van der Waals surface area contributed by atoms with Crippen molar-refractivity contribution in [3.8, 4) is 0 Å². The minimum atomic E-state index is -1.58. The molecule has 13 N–H and O–H groups in total. The number of H-pyrrole nitrogens is 1.